The zero-order valence-corrected chi connectivity index (χ0v) is 13.2. The van der Waals surface area contributed by atoms with Gasteiger partial charge >= 0.3 is 0 Å². The van der Waals surface area contributed by atoms with E-state index >= 15 is 0 Å². The Morgan fingerprint density at radius 2 is 2.00 bits per heavy atom. The van der Waals surface area contributed by atoms with Gasteiger partial charge < -0.3 is 9.84 Å². The molecule has 0 amide bonds. The predicted octanol–water partition coefficient (Wildman–Crippen LogP) is 0.445. The molecule has 0 aromatic heterocycles. The highest BCUT2D eigenvalue weighted by molar-refractivity contribution is 7.86. The Labute approximate surface area is 126 Å². The number of morpholine rings is 1. The van der Waals surface area contributed by atoms with Crippen LogP contribution in [0.1, 0.15) is 12.5 Å². The summed E-state index contributed by atoms with van der Waals surface area (Å²) in [4.78, 5) is 0. The fraction of sp³-hybridized carbons (Fsp3) is 0.571. The summed E-state index contributed by atoms with van der Waals surface area (Å²) < 4.78 is 33.4. The maximum Gasteiger partial charge on any atom is 0.282 e. The molecular weight excluding hydrogens is 292 g/mol. The maximum absolute atomic E-state index is 12.6. The summed E-state index contributed by atoms with van der Waals surface area (Å²) in [5.41, 5.74) is 0.934. The van der Waals surface area contributed by atoms with Gasteiger partial charge in [-0.05, 0) is 12.5 Å². The third kappa shape index (κ3) is 4.02. The van der Waals surface area contributed by atoms with Gasteiger partial charge in [-0.15, -0.1) is 0 Å². The molecular formula is C14H22N2O4S. The van der Waals surface area contributed by atoms with Gasteiger partial charge in [0, 0.05) is 26.7 Å². The van der Waals surface area contributed by atoms with Crippen LogP contribution in [0.15, 0.2) is 30.3 Å². The Morgan fingerprint density at radius 3 is 2.62 bits per heavy atom. The zero-order chi connectivity index (χ0) is 15.5. The first kappa shape index (κ1) is 16.4. The number of ether oxygens (including phenoxy) is 1. The molecule has 0 aliphatic carbocycles. The first-order chi connectivity index (χ1) is 9.93. The van der Waals surface area contributed by atoms with E-state index in [0.29, 0.717) is 13.1 Å². The predicted molar refractivity (Wildman–Crippen MR) is 79.8 cm³/mol. The molecule has 1 heterocycles. The molecule has 0 radical (unpaired) electrons. The van der Waals surface area contributed by atoms with Gasteiger partial charge in [0.15, 0.2) is 0 Å². The van der Waals surface area contributed by atoms with E-state index in [0.717, 1.165) is 5.56 Å². The molecule has 7 heteroatoms. The zero-order valence-electron chi connectivity index (χ0n) is 12.3. The van der Waals surface area contributed by atoms with Crippen LogP contribution in [0.4, 0.5) is 0 Å². The molecule has 21 heavy (non-hydrogen) atoms. The van der Waals surface area contributed by atoms with Crippen molar-refractivity contribution >= 4 is 10.2 Å². The van der Waals surface area contributed by atoms with Crippen LogP contribution in [0.25, 0.3) is 0 Å². The summed E-state index contributed by atoms with van der Waals surface area (Å²) in [5, 5.41) is 9.21. The topological polar surface area (TPSA) is 70.1 Å². The molecule has 6 nitrogen and oxygen atoms in total. The van der Waals surface area contributed by atoms with Gasteiger partial charge in [-0.3, -0.25) is 0 Å². The van der Waals surface area contributed by atoms with Crippen LogP contribution >= 0.6 is 0 Å². The van der Waals surface area contributed by atoms with Crippen molar-refractivity contribution in [3.63, 3.8) is 0 Å². The third-order valence-electron chi connectivity index (χ3n) is 3.46. The molecule has 0 bridgehead atoms. The van der Waals surface area contributed by atoms with Gasteiger partial charge in [-0.2, -0.15) is 17.0 Å². The minimum atomic E-state index is -3.56. The fourth-order valence-electron chi connectivity index (χ4n) is 2.41. The lowest BCUT2D eigenvalue weighted by atomic mass is 10.2. The second kappa shape index (κ2) is 6.85. The number of aliphatic hydroxyl groups is 1. The standard InChI is InChI=1S/C14H22N2O4S/c1-12-8-16(10-14(11-17)20-12)21(18,19)15(2)9-13-6-4-3-5-7-13/h3-7,12,14,17H,8-11H2,1-2H3. The lowest BCUT2D eigenvalue weighted by molar-refractivity contribution is -0.0760. The quantitative estimate of drug-likeness (QED) is 0.856. The van der Waals surface area contributed by atoms with Crippen molar-refractivity contribution in [2.45, 2.75) is 25.7 Å². The smallest absolute Gasteiger partial charge is 0.282 e. The molecule has 118 valence electrons. The van der Waals surface area contributed by atoms with Gasteiger partial charge in [0.2, 0.25) is 0 Å². The average molecular weight is 314 g/mol. The largest absolute Gasteiger partial charge is 0.394 e. The molecule has 2 atom stereocenters. The van der Waals surface area contributed by atoms with Gasteiger partial charge in [-0.25, -0.2) is 0 Å². The Hall–Kier alpha value is -0.990. The van der Waals surface area contributed by atoms with Crippen LogP contribution in [0, 0.1) is 0 Å². The average Bonchev–Trinajstić information content (AvgIpc) is 2.47. The fourth-order valence-corrected chi connectivity index (χ4v) is 3.87. The van der Waals surface area contributed by atoms with Crippen LogP contribution in [-0.2, 0) is 21.5 Å². The number of rotatable bonds is 5. The number of hydrogen-bond donors (Lipinski definition) is 1. The summed E-state index contributed by atoms with van der Waals surface area (Å²) in [6, 6.07) is 9.45. The lowest BCUT2D eigenvalue weighted by Crippen LogP contribution is -2.53. The van der Waals surface area contributed by atoms with E-state index in [1.807, 2.05) is 37.3 Å². The van der Waals surface area contributed by atoms with Crippen LogP contribution in [-0.4, -0.2) is 61.1 Å². The highest BCUT2D eigenvalue weighted by Gasteiger charge is 2.34. The SMILES string of the molecule is CC1CN(S(=O)(=O)N(C)Cc2ccccc2)CC(CO)O1. The Morgan fingerprint density at radius 1 is 1.33 bits per heavy atom. The maximum atomic E-state index is 12.6. The van der Waals surface area contributed by atoms with E-state index in [9.17, 15) is 13.5 Å². The van der Waals surface area contributed by atoms with E-state index in [-0.39, 0.29) is 19.3 Å². The van der Waals surface area contributed by atoms with Crippen molar-refractivity contribution in [2.75, 3.05) is 26.7 Å². The van der Waals surface area contributed by atoms with Crippen LogP contribution in [0.5, 0.6) is 0 Å². The highest BCUT2D eigenvalue weighted by atomic mass is 32.2. The monoisotopic (exact) mass is 314 g/mol. The molecule has 1 aliphatic rings. The second-order valence-corrected chi connectivity index (χ2v) is 7.35. The first-order valence-electron chi connectivity index (χ1n) is 6.95. The van der Waals surface area contributed by atoms with Gasteiger partial charge in [0.1, 0.15) is 0 Å². The number of nitrogens with zero attached hydrogens (tertiary/aromatic N) is 2. The summed E-state index contributed by atoms with van der Waals surface area (Å²) in [5.74, 6) is 0. The normalized spacial score (nSPS) is 24.4. The van der Waals surface area contributed by atoms with Gasteiger partial charge in [-0.1, -0.05) is 30.3 Å². The van der Waals surface area contributed by atoms with Crippen molar-refractivity contribution in [2.24, 2.45) is 0 Å². The first-order valence-corrected chi connectivity index (χ1v) is 8.35. The molecule has 1 aliphatic heterocycles. The van der Waals surface area contributed by atoms with E-state index in [4.69, 9.17) is 4.74 Å². The van der Waals surface area contributed by atoms with E-state index in [1.165, 1.54) is 8.61 Å². The Balaban J connectivity index is 2.09. The third-order valence-corrected chi connectivity index (χ3v) is 5.33. The minimum Gasteiger partial charge on any atom is -0.394 e. The van der Waals surface area contributed by atoms with Crippen LogP contribution < -0.4 is 0 Å². The molecule has 0 spiro atoms. The molecule has 1 saturated heterocycles. The number of benzene rings is 1. The van der Waals surface area contributed by atoms with Gasteiger partial charge in [0.25, 0.3) is 10.2 Å². The summed E-state index contributed by atoms with van der Waals surface area (Å²) in [6.45, 7) is 2.43. The molecule has 2 unspecified atom stereocenters. The highest BCUT2D eigenvalue weighted by Crippen LogP contribution is 2.18. The van der Waals surface area contributed by atoms with Crippen molar-refractivity contribution < 1.29 is 18.3 Å². The van der Waals surface area contributed by atoms with Crippen LogP contribution in [0.2, 0.25) is 0 Å². The van der Waals surface area contributed by atoms with E-state index in [1.54, 1.807) is 7.05 Å². The minimum absolute atomic E-state index is 0.182. The van der Waals surface area contributed by atoms with Crippen molar-refractivity contribution in [3.8, 4) is 0 Å². The Bertz CT molecular complexity index is 549. The van der Waals surface area contributed by atoms with Crippen LogP contribution in [0.3, 0.4) is 0 Å². The van der Waals surface area contributed by atoms with Crippen molar-refractivity contribution in [3.05, 3.63) is 35.9 Å². The van der Waals surface area contributed by atoms with Crippen molar-refractivity contribution in [1.82, 2.24) is 8.61 Å². The molecule has 2 rings (SSSR count). The van der Waals surface area contributed by atoms with Crippen molar-refractivity contribution in [1.29, 1.82) is 0 Å². The lowest BCUT2D eigenvalue weighted by Gasteiger charge is -2.37. The molecule has 1 aromatic carbocycles. The van der Waals surface area contributed by atoms with E-state index < -0.39 is 16.3 Å². The molecule has 1 N–H and O–H groups in total. The van der Waals surface area contributed by atoms with Gasteiger partial charge in [0.05, 0.1) is 18.8 Å². The summed E-state index contributed by atoms with van der Waals surface area (Å²) in [7, 11) is -1.99. The summed E-state index contributed by atoms with van der Waals surface area (Å²) in [6.07, 6.45) is -0.690. The molecule has 1 aromatic rings. The number of hydrogen-bond acceptors (Lipinski definition) is 4. The molecule has 0 saturated carbocycles. The molecule has 1 fully saturated rings. The van der Waals surface area contributed by atoms with E-state index in [2.05, 4.69) is 0 Å². The second-order valence-electron chi connectivity index (χ2n) is 5.32. The Kier molecular flexibility index (Phi) is 5.34. The number of aliphatic hydroxyl groups excluding tert-OH is 1. The summed E-state index contributed by atoms with van der Waals surface area (Å²) >= 11 is 0.